The van der Waals surface area contributed by atoms with E-state index in [4.69, 9.17) is 11.6 Å². The van der Waals surface area contributed by atoms with Gasteiger partial charge in [0.05, 0.1) is 16.6 Å². The summed E-state index contributed by atoms with van der Waals surface area (Å²) in [6.45, 7) is 4.92. The molecule has 1 heterocycles. The van der Waals surface area contributed by atoms with E-state index in [1.807, 2.05) is 0 Å². The van der Waals surface area contributed by atoms with Gasteiger partial charge in [0.25, 0.3) is 5.16 Å². The van der Waals surface area contributed by atoms with Crippen molar-refractivity contribution >= 4 is 21.4 Å². The Kier molecular flexibility index (Phi) is 3.62. The van der Waals surface area contributed by atoms with Crippen LogP contribution in [0.25, 0.3) is 0 Å². The summed E-state index contributed by atoms with van der Waals surface area (Å²) in [6, 6.07) is 0. The second-order valence-corrected chi connectivity index (χ2v) is 5.84. The summed E-state index contributed by atoms with van der Waals surface area (Å²) in [5.74, 6) is 0.0125. The van der Waals surface area contributed by atoms with E-state index in [9.17, 15) is 8.42 Å². The Morgan fingerprint density at radius 1 is 1.27 bits per heavy atom. The fraction of sp³-hybridized carbons (Fsp3) is 0.625. The van der Waals surface area contributed by atoms with Crippen LogP contribution < -0.4 is 0 Å². The summed E-state index contributed by atoms with van der Waals surface area (Å²) in [4.78, 5) is 3.89. The molecule has 0 fully saturated rings. The largest absolute Gasteiger partial charge is 0.267 e. The quantitative estimate of drug-likeness (QED) is 0.744. The molecule has 1 unspecified atom stereocenters. The highest BCUT2D eigenvalue weighted by Crippen LogP contribution is 2.12. The van der Waals surface area contributed by atoms with Gasteiger partial charge in [0, 0.05) is 5.88 Å². The Morgan fingerprint density at radius 3 is 2.33 bits per heavy atom. The van der Waals surface area contributed by atoms with E-state index in [2.05, 4.69) is 15.2 Å². The number of halogens is 1. The van der Waals surface area contributed by atoms with Crippen LogP contribution in [0, 0.1) is 13.8 Å². The zero-order valence-corrected chi connectivity index (χ0v) is 10.3. The van der Waals surface area contributed by atoms with Crippen LogP contribution in [-0.2, 0) is 9.84 Å². The number of alkyl halides is 1. The molecule has 0 saturated carbocycles. The lowest BCUT2D eigenvalue weighted by atomic mass is 10.4. The average molecular weight is 250 g/mol. The normalized spacial score (nSPS) is 13.9. The minimum atomic E-state index is -3.54. The minimum Gasteiger partial charge on any atom is -0.220 e. The third-order valence-corrected chi connectivity index (χ3v) is 4.63. The van der Waals surface area contributed by atoms with Crippen LogP contribution in [-0.4, -0.2) is 34.7 Å². The van der Waals surface area contributed by atoms with Gasteiger partial charge in [0.15, 0.2) is 0 Å². The Bertz CT molecular complexity index is 461. The van der Waals surface area contributed by atoms with Gasteiger partial charge in [-0.05, 0) is 20.8 Å². The van der Waals surface area contributed by atoms with Gasteiger partial charge in [-0.2, -0.15) is 5.10 Å². The molecule has 0 saturated heterocycles. The highest BCUT2D eigenvalue weighted by Gasteiger charge is 2.26. The third kappa shape index (κ3) is 2.43. The van der Waals surface area contributed by atoms with Crippen LogP contribution in [0.3, 0.4) is 0 Å². The van der Waals surface area contributed by atoms with E-state index in [0.717, 1.165) is 0 Å². The summed E-state index contributed by atoms with van der Waals surface area (Å²) < 4.78 is 23.6. The van der Waals surface area contributed by atoms with Gasteiger partial charge >= 0.3 is 0 Å². The van der Waals surface area contributed by atoms with Crippen molar-refractivity contribution in [2.75, 3.05) is 5.88 Å². The number of nitrogens with zero attached hydrogens (tertiary/aromatic N) is 3. The predicted octanol–water partition coefficient (Wildman–Crippen LogP) is 0.889. The van der Waals surface area contributed by atoms with E-state index < -0.39 is 15.1 Å². The molecule has 15 heavy (non-hydrogen) atoms. The van der Waals surface area contributed by atoms with Crippen molar-refractivity contribution in [1.82, 2.24) is 15.2 Å². The lowest BCUT2D eigenvalue weighted by Gasteiger charge is -2.08. The molecule has 7 heteroatoms. The summed E-state index contributed by atoms with van der Waals surface area (Å²) in [7, 11) is -3.54. The molecule has 0 aliphatic heterocycles. The van der Waals surface area contributed by atoms with Crippen LogP contribution in [0.15, 0.2) is 5.16 Å². The van der Waals surface area contributed by atoms with Crippen molar-refractivity contribution in [3.63, 3.8) is 0 Å². The van der Waals surface area contributed by atoms with Gasteiger partial charge in [-0.15, -0.1) is 16.7 Å². The standard InChI is InChI=1S/C8H12ClN3O2S/c1-5(4-9)15(13,14)8-10-6(2)7(3)11-12-8/h5H,4H2,1-3H3. The second kappa shape index (κ2) is 4.40. The molecule has 0 aliphatic rings. The predicted molar refractivity (Wildman–Crippen MR) is 56.7 cm³/mol. The Labute approximate surface area is 93.8 Å². The summed E-state index contributed by atoms with van der Waals surface area (Å²) >= 11 is 5.50. The Balaban J connectivity index is 3.23. The topological polar surface area (TPSA) is 72.8 Å². The first-order valence-corrected chi connectivity index (χ1v) is 6.45. The molecule has 0 amide bonds. The molecule has 0 bridgehead atoms. The van der Waals surface area contributed by atoms with E-state index in [1.54, 1.807) is 13.8 Å². The number of aryl methyl sites for hydroxylation is 2. The van der Waals surface area contributed by atoms with Crippen molar-refractivity contribution < 1.29 is 8.42 Å². The molecular formula is C8H12ClN3O2S. The van der Waals surface area contributed by atoms with Crippen LogP contribution >= 0.6 is 11.6 Å². The maximum atomic E-state index is 11.8. The monoisotopic (exact) mass is 249 g/mol. The first kappa shape index (κ1) is 12.3. The first-order chi connectivity index (χ1) is 6.89. The van der Waals surface area contributed by atoms with Gasteiger partial charge in [-0.25, -0.2) is 13.4 Å². The average Bonchev–Trinajstić information content (AvgIpc) is 2.20. The molecule has 0 aliphatic carbocycles. The number of sulfone groups is 1. The van der Waals surface area contributed by atoms with Crippen molar-refractivity contribution in [2.24, 2.45) is 0 Å². The molecule has 5 nitrogen and oxygen atoms in total. The molecule has 1 aromatic heterocycles. The molecule has 0 aromatic carbocycles. The van der Waals surface area contributed by atoms with Crippen LogP contribution in [0.5, 0.6) is 0 Å². The molecule has 0 radical (unpaired) electrons. The fourth-order valence-corrected chi connectivity index (χ4v) is 2.26. The summed E-state index contributed by atoms with van der Waals surface area (Å²) in [5, 5.41) is 6.34. The van der Waals surface area contributed by atoms with E-state index >= 15 is 0 Å². The molecule has 1 atom stereocenters. The highest BCUT2D eigenvalue weighted by atomic mass is 35.5. The summed E-state index contributed by atoms with van der Waals surface area (Å²) in [5.41, 5.74) is 1.18. The van der Waals surface area contributed by atoms with Gasteiger partial charge in [0.2, 0.25) is 9.84 Å². The zero-order chi connectivity index (χ0) is 11.6. The summed E-state index contributed by atoms with van der Waals surface area (Å²) in [6.07, 6.45) is 0. The minimum absolute atomic E-state index is 0.0125. The smallest absolute Gasteiger partial charge is 0.220 e. The third-order valence-electron chi connectivity index (χ3n) is 2.07. The maximum absolute atomic E-state index is 11.8. The maximum Gasteiger partial charge on any atom is 0.267 e. The number of hydrogen-bond donors (Lipinski definition) is 0. The molecule has 0 spiro atoms. The lowest BCUT2D eigenvalue weighted by Crippen LogP contribution is -2.22. The van der Waals surface area contributed by atoms with Crippen molar-refractivity contribution in [2.45, 2.75) is 31.2 Å². The van der Waals surface area contributed by atoms with E-state index in [0.29, 0.717) is 11.4 Å². The van der Waals surface area contributed by atoms with Crippen molar-refractivity contribution in [3.05, 3.63) is 11.4 Å². The molecular weight excluding hydrogens is 238 g/mol. The number of rotatable bonds is 3. The van der Waals surface area contributed by atoms with Gasteiger partial charge < -0.3 is 0 Å². The fourth-order valence-electron chi connectivity index (χ4n) is 0.820. The van der Waals surface area contributed by atoms with E-state index in [-0.39, 0.29) is 11.0 Å². The van der Waals surface area contributed by atoms with Crippen molar-refractivity contribution in [3.8, 4) is 0 Å². The number of hydrogen-bond acceptors (Lipinski definition) is 5. The van der Waals surface area contributed by atoms with Gasteiger partial charge in [0.1, 0.15) is 0 Å². The molecule has 1 rings (SSSR count). The molecule has 0 N–H and O–H groups in total. The van der Waals surface area contributed by atoms with Crippen LogP contribution in [0.2, 0.25) is 0 Å². The molecule has 84 valence electrons. The Morgan fingerprint density at radius 2 is 1.87 bits per heavy atom. The first-order valence-electron chi connectivity index (χ1n) is 4.37. The Hall–Kier alpha value is -0.750. The zero-order valence-electron chi connectivity index (χ0n) is 8.73. The molecule has 1 aromatic rings. The van der Waals surface area contributed by atoms with Gasteiger partial charge in [-0.3, -0.25) is 0 Å². The van der Waals surface area contributed by atoms with Crippen LogP contribution in [0.4, 0.5) is 0 Å². The van der Waals surface area contributed by atoms with Crippen LogP contribution in [0.1, 0.15) is 18.3 Å². The SMILES string of the molecule is Cc1nnc(S(=O)(=O)C(C)CCl)nc1C. The van der Waals surface area contributed by atoms with Gasteiger partial charge in [-0.1, -0.05) is 0 Å². The number of aromatic nitrogens is 3. The highest BCUT2D eigenvalue weighted by molar-refractivity contribution is 7.91. The lowest BCUT2D eigenvalue weighted by molar-refractivity contribution is 0.572. The van der Waals surface area contributed by atoms with E-state index in [1.165, 1.54) is 6.92 Å². The van der Waals surface area contributed by atoms with Crippen molar-refractivity contribution in [1.29, 1.82) is 0 Å². The second-order valence-electron chi connectivity index (χ2n) is 3.28.